The summed E-state index contributed by atoms with van der Waals surface area (Å²) >= 11 is 1.57. The van der Waals surface area contributed by atoms with Crippen LogP contribution in [0, 0.1) is 0 Å². The van der Waals surface area contributed by atoms with Gasteiger partial charge in [-0.3, -0.25) is 9.59 Å². The monoisotopic (exact) mass is 234 g/mol. The third-order valence-electron chi connectivity index (χ3n) is 1.45. The van der Waals surface area contributed by atoms with Crippen molar-refractivity contribution in [3.63, 3.8) is 0 Å². The number of rotatable bonds is 5. The van der Waals surface area contributed by atoms with Gasteiger partial charge >= 0.3 is 5.97 Å². The predicted octanol–water partition coefficient (Wildman–Crippen LogP) is 0.0462. The number of aliphatic carboxylic acids is 1. The summed E-state index contributed by atoms with van der Waals surface area (Å²) in [6.07, 6.45) is 0. The van der Waals surface area contributed by atoms with Crippen molar-refractivity contribution in [2.75, 3.05) is 12.3 Å². The Morgan fingerprint density at radius 1 is 1.47 bits per heavy atom. The topological polar surface area (TPSA) is 92.4 Å². The molecule has 0 aliphatic heterocycles. The Bertz CT molecular complexity index is 238. The largest absolute Gasteiger partial charge is 0.480 e. The van der Waals surface area contributed by atoms with Gasteiger partial charge < -0.3 is 16.2 Å². The number of nitrogens with one attached hydrogen (secondary N) is 1. The van der Waals surface area contributed by atoms with Crippen molar-refractivity contribution in [1.82, 2.24) is 5.32 Å². The maximum Gasteiger partial charge on any atom is 0.322 e. The molecule has 0 aliphatic carbocycles. The molecule has 1 unspecified atom stereocenters. The molecule has 88 valence electrons. The Labute approximate surface area is 93.8 Å². The molecule has 4 N–H and O–H groups in total. The molecule has 0 aromatic carbocycles. The molecule has 0 aromatic heterocycles. The van der Waals surface area contributed by atoms with Crippen LogP contribution in [0.15, 0.2) is 0 Å². The molecular weight excluding hydrogens is 216 g/mol. The number of nitrogens with two attached hydrogens (primary N) is 1. The molecule has 0 spiro atoms. The van der Waals surface area contributed by atoms with Crippen LogP contribution in [0.5, 0.6) is 0 Å². The van der Waals surface area contributed by atoms with Crippen molar-refractivity contribution in [1.29, 1.82) is 0 Å². The number of thioether (sulfide) groups is 1. The van der Waals surface area contributed by atoms with Gasteiger partial charge in [-0.05, 0) is 0 Å². The van der Waals surface area contributed by atoms with Crippen LogP contribution in [-0.2, 0) is 9.59 Å². The van der Waals surface area contributed by atoms with Crippen molar-refractivity contribution in [3.05, 3.63) is 0 Å². The van der Waals surface area contributed by atoms with Gasteiger partial charge in [-0.2, -0.15) is 11.8 Å². The van der Waals surface area contributed by atoms with Crippen molar-refractivity contribution in [2.45, 2.75) is 31.6 Å². The molecular formula is C9H18N2O3S. The van der Waals surface area contributed by atoms with Gasteiger partial charge in [0.15, 0.2) is 0 Å². The van der Waals surface area contributed by atoms with Crippen LogP contribution in [0.1, 0.15) is 20.8 Å². The first kappa shape index (κ1) is 14.2. The molecule has 0 radical (unpaired) electrons. The number of carbonyl (C=O) groups excluding carboxylic acids is 1. The lowest BCUT2D eigenvalue weighted by molar-refractivity contribution is -0.138. The van der Waals surface area contributed by atoms with Crippen LogP contribution in [-0.4, -0.2) is 40.1 Å². The van der Waals surface area contributed by atoms with Crippen LogP contribution >= 0.6 is 11.8 Å². The lowest BCUT2D eigenvalue weighted by Gasteiger charge is -2.19. The summed E-state index contributed by atoms with van der Waals surface area (Å²) in [5.74, 6) is -1.01. The lowest BCUT2D eigenvalue weighted by atomic mass is 10.3. The Hall–Kier alpha value is -0.750. The summed E-state index contributed by atoms with van der Waals surface area (Å²) in [6, 6.07) is -0.659. The number of carbonyl (C=O) groups is 2. The van der Waals surface area contributed by atoms with Crippen molar-refractivity contribution < 1.29 is 14.7 Å². The van der Waals surface area contributed by atoms with Crippen molar-refractivity contribution >= 4 is 23.6 Å². The zero-order valence-corrected chi connectivity index (χ0v) is 10.1. The van der Waals surface area contributed by atoms with E-state index in [0.29, 0.717) is 5.75 Å². The average molecular weight is 234 g/mol. The van der Waals surface area contributed by atoms with Crippen LogP contribution in [0.25, 0.3) is 0 Å². The molecule has 6 heteroatoms. The van der Waals surface area contributed by atoms with Crippen LogP contribution in [0.3, 0.4) is 0 Å². The first-order chi connectivity index (χ1) is 6.72. The second-order valence-corrected chi connectivity index (χ2v) is 5.99. The van der Waals surface area contributed by atoms with Crippen LogP contribution in [0.4, 0.5) is 0 Å². The molecule has 0 aliphatic rings. The predicted molar refractivity (Wildman–Crippen MR) is 60.8 cm³/mol. The Kier molecular flexibility index (Phi) is 5.67. The minimum Gasteiger partial charge on any atom is -0.480 e. The normalized spacial score (nSPS) is 13.3. The van der Waals surface area contributed by atoms with Gasteiger partial charge in [0.05, 0.1) is 6.04 Å². The highest BCUT2D eigenvalue weighted by molar-refractivity contribution is 8.00. The van der Waals surface area contributed by atoms with E-state index in [9.17, 15) is 9.59 Å². The van der Waals surface area contributed by atoms with Crippen molar-refractivity contribution in [2.24, 2.45) is 5.73 Å². The highest BCUT2D eigenvalue weighted by atomic mass is 32.2. The van der Waals surface area contributed by atoms with Crippen molar-refractivity contribution in [3.8, 4) is 0 Å². The highest BCUT2D eigenvalue weighted by Crippen LogP contribution is 2.23. The minimum atomic E-state index is -1.07. The summed E-state index contributed by atoms with van der Waals surface area (Å²) in [5.41, 5.74) is 5.58. The molecule has 0 saturated heterocycles. The molecule has 1 amide bonds. The van der Waals surface area contributed by atoms with E-state index in [-0.39, 0.29) is 11.3 Å². The molecule has 0 bridgehead atoms. The average Bonchev–Trinajstić information content (AvgIpc) is 2.08. The van der Waals surface area contributed by atoms with E-state index >= 15 is 0 Å². The van der Waals surface area contributed by atoms with Gasteiger partial charge in [0, 0.05) is 10.5 Å². The number of hydrogen-bond acceptors (Lipinski definition) is 4. The van der Waals surface area contributed by atoms with Gasteiger partial charge in [0.1, 0.15) is 6.54 Å². The lowest BCUT2D eigenvalue weighted by Crippen LogP contribution is -2.44. The Morgan fingerprint density at radius 2 is 2.00 bits per heavy atom. The van der Waals surface area contributed by atoms with Gasteiger partial charge in [-0.25, -0.2) is 0 Å². The molecule has 0 saturated carbocycles. The van der Waals surface area contributed by atoms with Gasteiger partial charge in [0.25, 0.3) is 0 Å². The van der Waals surface area contributed by atoms with E-state index < -0.39 is 17.9 Å². The van der Waals surface area contributed by atoms with E-state index in [1.807, 2.05) is 20.8 Å². The third-order valence-corrected chi connectivity index (χ3v) is 2.84. The van der Waals surface area contributed by atoms with E-state index in [0.717, 1.165) is 0 Å². The molecule has 0 fully saturated rings. The van der Waals surface area contributed by atoms with Gasteiger partial charge in [0.2, 0.25) is 5.91 Å². The van der Waals surface area contributed by atoms with E-state index in [4.69, 9.17) is 10.8 Å². The number of carboxylic acid groups (broad SMARTS) is 1. The highest BCUT2D eigenvalue weighted by Gasteiger charge is 2.18. The zero-order chi connectivity index (χ0) is 12.1. The van der Waals surface area contributed by atoms with Crippen LogP contribution < -0.4 is 11.1 Å². The summed E-state index contributed by atoms with van der Waals surface area (Å²) in [7, 11) is 0. The van der Waals surface area contributed by atoms with Crippen LogP contribution in [0.2, 0.25) is 0 Å². The molecule has 0 heterocycles. The second kappa shape index (κ2) is 5.97. The molecule has 0 rings (SSSR count). The molecule has 15 heavy (non-hydrogen) atoms. The van der Waals surface area contributed by atoms with E-state index in [2.05, 4.69) is 5.32 Å². The quantitative estimate of drug-likeness (QED) is 0.625. The van der Waals surface area contributed by atoms with Gasteiger partial charge in [-0.15, -0.1) is 0 Å². The molecule has 1 atom stereocenters. The first-order valence-electron chi connectivity index (χ1n) is 4.61. The number of carboxylic acids is 1. The first-order valence-corrected chi connectivity index (χ1v) is 5.60. The fraction of sp³-hybridized carbons (Fsp3) is 0.778. The maximum atomic E-state index is 11.3. The summed E-state index contributed by atoms with van der Waals surface area (Å²) < 4.78 is 0.0463. The standard InChI is InChI=1S/C9H18N2O3S/c1-9(2,3)15-5-6(10)8(14)11-4-7(12)13/h6H,4-5,10H2,1-3H3,(H,11,14)(H,12,13). The second-order valence-electron chi connectivity index (χ2n) is 4.14. The van der Waals surface area contributed by atoms with E-state index in [1.165, 1.54) is 0 Å². The maximum absolute atomic E-state index is 11.3. The third kappa shape index (κ3) is 8.26. The summed E-state index contributed by atoms with van der Waals surface area (Å²) in [4.78, 5) is 21.4. The number of hydrogen-bond donors (Lipinski definition) is 3. The minimum absolute atomic E-state index is 0.0463. The molecule has 0 aromatic rings. The fourth-order valence-electron chi connectivity index (χ4n) is 0.709. The molecule has 5 nitrogen and oxygen atoms in total. The summed E-state index contributed by atoms with van der Waals surface area (Å²) in [6.45, 7) is 5.70. The number of amides is 1. The SMILES string of the molecule is CC(C)(C)SCC(N)C(=O)NCC(=O)O. The smallest absolute Gasteiger partial charge is 0.322 e. The van der Waals surface area contributed by atoms with E-state index in [1.54, 1.807) is 11.8 Å². The van der Waals surface area contributed by atoms with Gasteiger partial charge in [-0.1, -0.05) is 20.8 Å². The Balaban J connectivity index is 3.84. The fourth-order valence-corrected chi connectivity index (χ4v) is 1.54. The zero-order valence-electron chi connectivity index (χ0n) is 9.24. The summed E-state index contributed by atoms with van der Waals surface area (Å²) in [5, 5.41) is 10.6. The Morgan fingerprint density at radius 3 is 2.40 bits per heavy atom.